The molecule has 0 aromatic heterocycles. The lowest BCUT2D eigenvalue weighted by atomic mass is 10.1. The number of non-ortho nitro benzene ring substituents is 1. The van der Waals surface area contributed by atoms with Crippen molar-refractivity contribution in [2.45, 2.75) is 0 Å². The van der Waals surface area contributed by atoms with E-state index in [2.05, 4.69) is 26.6 Å². The van der Waals surface area contributed by atoms with Gasteiger partial charge >= 0.3 is 0 Å². The SMILES string of the molecule is O=C(NC(=S)Nc1ccc(Br)cc1)c1cc([N+](=O)[O-])ccc1N1CCOCC1. The number of nitrogens with one attached hydrogen (secondary N) is 2. The Kier molecular flexibility index (Phi) is 6.55. The second-order valence-corrected chi connectivity index (χ2v) is 7.30. The Morgan fingerprint density at radius 1 is 1.18 bits per heavy atom. The standard InChI is InChI=1S/C18H17BrN4O4S/c19-12-1-3-13(4-2-12)20-18(28)21-17(24)15-11-14(23(25)26)5-6-16(15)22-7-9-27-10-8-22/h1-6,11H,7-10H2,(H2,20,21,24,28). The van der Waals surface area contributed by atoms with Crippen LogP contribution in [0.5, 0.6) is 0 Å². The number of ether oxygens (including phenoxy) is 1. The van der Waals surface area contributed by atoms with Gasteiger partial charge in [0.2, 0.25) is 0 Å². The number of carbonyl (C=O) groups is 1. The Labute approximate surface area is 175 Å². The van der Waals surface area contributed by atoms with E-state index in [0.717, 1.165) is 4.47 Å². The Bertz CT molecular complexity index is 901. The van der Waals surface area contributed by atoms with Gasteiger partial charge in [-0.25, -0.2) is 0 Å². The highest BCUT2D eigenvalue weighted by Gasteiger charge is 2.22. The van der Waals surface area contributed by atoms with E-state index in [-0.39, 0.29) is 16.4 Å². The number of nitrogens with zero attached hydrogens (tertiary/aromatic N) is 2. The van der Waals surface area contributed by atoms with E-state index in [1.807, 2.05) is 17.0 Å². The van der Waals surface area contributed by atoms with Crippen molar-refractivity contribution in [3.05, 3.63) is 62.6 Å². The van der Waals surface area contributed by atoms with Crippen molar-refractivity contribution in [3.63, 3.8) is 0 Å². The van der Waals surface area contributed by atoms with Gasteiger partial charge in [-0.3, -0.25) is 20.2 Å². The summed E-state index contributed by atoms with van der Waals surface area (Å²) in [6.45, 7) is 2.25. The van der Waals surface area contributed by atoms with Gasteiger partial charge in [-0.2, -0.15) is 0 Å². The van der Waals surface area contributed by atoms with Crippen LogP contribution in [0.1, 0.15) is 10.4 Å². The Morgan fingerprint density at radius 3 is 2.50 bits per heavy atom. The molecule has 1 amide bonds. The van der Waals surface area contributed by atoms with E-state index in [1.54, 1.807) is 18.2 Å². The largest absolute Gasteiger partial charge is 0.378 e. The van der Waals surface area contributed by atoms with Gasteiger partial charge in [0.15, 0.2) is 5.11 Å². The third-order valence-corrected chi connectivity index (χ3v) is 4.85. The summed E-state index contributed by atoms with van der Waals surface area (Å²) in [5.41, 5.74) is 1.35. The van der Waals surface area contributed by atoms with E-state index in [0.29, 0.717) is 37.7 Å². The second kappa shape index (κ2) is 9.09. The van der Waals surface area contributed by atoms with Crippen LogP contribution in [0.3, 0.4) is 0 Å². The maximum atomic E-state index is 12.8. The number of morpholine rings is 1. The molecule has 10 heteroatoms. The normalized spacial score (nSPS) is 13.7. The summed E-state index contributed by atoms with van der Waals surface area (Å²) in [5, 5.41) is 16.8. The third-order valence-electron chi connectivity index (χ3n) is 4.12. The first-order valence-corrected chi connectivity index (χ1v) is 9.63. The van der Waals surface area contributed by atoms with Crippen LogP contribution in [0.15, 0.2) is 46.9 Å². The number of amides is 1. The number of carbonyl (C=O) groups excluding carboxylic acids is 1. The first-order valence-electron chi connectivity index (χ1n) is 8.43. The predicted octanol–water partition coefficient (Wildman–Crippen LogP) is 3.32. The molecule has 8 nitrogen and oxygen atoms in total. The van der Waals surface area contributed by atoms with Gasteiger partial charge in [0.25, 0.3) is 11.6 Å². The van der Waals surface area contributed by atoms with E-state index in [4.69, 9.17) is 17.0 Å². The van der Waals surface area contributed by atoms with E-state index >= 15 is 0 Å². The van der Waals surface area contributed by atoms with Crippen molar-refractivity contribution in [1.29, 1.82) is 0 Å². The van der Waals surface area contributed by atoms with Gasteiger partial charge in [-0.1, -0.05) is 15.9 Å². The fourth-order valence-corrected chi connectivity index (χ4v) is 3.24. The van der Waals surface area contributed by atoms with Crippen LogP contribution in [0.25, 0.3) is 0 Å². The van der Waals surface area contributed by atoms with Crippen molar-refractivity contribution in [2.75, 3.05) is 36.5 Å². The maximum Gasteiger partial charge on any atom is 0.270 e. The van der Waals surface area contributed by atoms with Crippen molar-refractivity contribution in [1.82, 2.24) is 5.32 Å². The number of nitro groups is 1. The highest BCUT2D eigenvalue weighted by Crippen LogP contribution is 2.26. The molecule has 1 heterocycles. The molecule has 0 atom stereocenters. The summed E-state index contributed by atoms with van der Waals surface area (Å²) in [7, 11) is 0. The zero-order valence-corrected chi connectivity index (χ0v) is 17.1. The molecule has 2 N–H and O–H groups in total. The van der Waals surface area contributed by atoms with Crippen LogP contribution in [-0.2, 0) is 4.74 Å². The molecule has 1 aliphatic heterocycles. The predicted molar refractivity (Wildman–Crippen MR) is 114 cm³/mol. The van der Waals surface area contributed by atoms with E-state index in [1.165, 1.54) is 12.1 Å². The number of rotatable bonds is 4. The molecule has 146 valence electrons. The first kappa shape index (κ1) is 20.2. The van der Waals surface area contributed by atoms with Gasteiger partial charge in [0.1, 0.15) is 0 Å². The lowest BCUT2D eigenvalue weighted by Gasteiger charge is -2.30. The number of thiocarbonyl (C=S) groups is 1. The summed E-state index contributed by atoms with van der Waals surface area (Å²) in [4.78, 5) is 25.4. The van der Waals surface area contributed by atoms with Gasteiger partial charge in [0, 0.05) is 35.4 Å². The van der Waals surface area contributed by atoms with Gasteiger partial charge < -0.3 is 15.0 Å². The summed E-state index contributed by atoms with van der Waals surface area (Å²) in [5.74, 6) is -0.514. The van der Waals surface area contributed by atoms with Crippen LogP contribution in [0, 0.1) is 10.1 Å². The average molecular weight is 465 g/mol. The molecule has 0 aliphatic carbocycles. The van der Waals surface area contributed by atoms with Gasteiger partial charge in [0.05, 0.1) is 29.4 Å². The van der Waals surface area contributed by atoms with Crippen LogP contribution < -0.4 is 15.5 Å². The third kappa shape index (κ3) is 5.03. The molecule has 1 saturated heterocycles. The van der Waals surface area contributed by atoms with Crippen molar-refractivity contribution < 1.29 is 14.5 Å². The van der Waals surface area contributed by atoms with Gasteiger partial charge in [-0.15, -0.1) is 0 Å². The zero-order valence-electron chi connectivity index (χ0n) is 14.7. The monoisotopic (exact) mass is 464 g/mol. The minimum Gasteiger partial charge on any atom is -0.378 e. The zero-order chi connectivity index (χ0) is 20.1. The summed E-state index contributed by atoms with van der Waals surface area (Å²) in [6.07, 6.45) is 0. The second-order valence-electron chi connectivity index (χ2n) is 5.97. The molecule has 3 rings (SSSR count). The van der Waals surface area contributed by atoms with Crippen molar-refractivity contribution in [3.8, 4) is 0 Å². The van der Waals surface area contributed by atoms with Crippen LogP contribution in [0.2, 0.25) is 0 Å². The first-order chi connectivity index (χ1) is 13.4. The molecule has 0 spiro atoms. The summed E-state index contributed by atoms with van der Waals surface area (Å²) in [6, 6.07) is 11.5. The molecular formula is C18H17BrN4O4S. The molecule has 2 aromatic carbocycles. The number of anilines is 2. The number of nitro benzene ring substituents is 1. The van der Waals surface area contributed by atoms with Crippen LogP contribution >= 0.6 is 28.1 Å². The fraction of sp³-hybridized carbons (Fsp3) is 0.222. The minimum atomic E-state index is -0.529. The smallest absolute Gasteiger partial charge is 0.270 e. The molecule has 2 aromatic rings. The Hall–Kier alpha value is -2.56. The number of halogens is 1. The molecule has 0 saturated carbocycles. The fourth-order valence-electron chi connectivity index (χ4n) is 2.77. The van der Waals surface area contributed by atoms with E-state index < -0.39 is 10.8 Å². The minimum absolute atomic E-state index is 0.103. The lowest BCUT2D eigenvalue weighted by Crippen LogP contribution is -2.39. The summed E-state index contributed by atoms with van der Waals surface area (Å²) >= 11 is 8.55. The Morgan fingerprint density at radius 2 is 1.86 bits per heavy atom. The van der Waals surface area contributed by atoms with Crippen molar-refractivity contribution in [2.24, 2.45) is 0 Å². The van der Waals surface area contributed by atoms with Crippen molar-refractivity contribution >= 4 is 56.2 Å². The molecule has 0 bridgehead atoms. The average Bonchev–Trinajstić information content (AvgIpc) is 2.69. The Balaban J connectivity index is 1.79. The highest BCUT2D eigenvalue weighted by atomic mass is 79.9. The van der Waals surface area contributed by atoms with Crippen LogP contribution in [-0.4, -0.2) is 42.2 Å². The molecule has 1 aliphatic rings. The molecule has 0 radical (unpaired) electrons. The molecule has 0 unspecified atom stereocenters. The molecule has 28 heavy (non-hydrogen) atoms. The van der Waals surface area contributed by atoms with Gasteiger partial charge in [-0.05, 0) is 42.5 Å². The number of benzene rings is 2. The topological polar surface area (TPSA) is 96.7 Å². The van der Waals surface area contributed by atoms with E-state index in [9.17, 15) is 14.9 Å². The maximum absolute atomic E-state index is 12.8. The quantitative estimate of drug-likeness (QED) is 0.406. The van der Waals surface area contributed by atoms with Crippen LogP contribution in [0.4, 0.5) is 17.1 Å². The number of hydrogen-bond donors (Lipinski definition) is 2. The summed E-state index contributed by atoms with van der Waals surface area (Å²) < 4.78 is 6.25. The molecular weight excluding hydrogens is 448 g/mol. The lowest BCUT2D eigenvalue weighted by molar-refractivity contribution is -0.384. The number of hydrogen-bond acceptors (Lipinski definition) is 6. The molecule has 1 fully saturated rings. The highest BCUT2D eigenvalue weighted by molar-refractivity contribution is 9.10.